The minimum Gasteiger partial charge on any atom is -0.377 e. The molecule has 1 rings (SSSR count). The molecular formula is C13H20FNO. The van der Waals surface area contributed by atoms with Gasteiger partial charge in [-0.25, -0.2) is 4.39 Å². The highest BCUT2D eigenvalue weighted by molar-refractivity contribution is 5.27. The second-order valence-corrected chi connectivity index (χ2v) is 3.99. The number of halogens is 1. The molecule has 1 aromatic carbocycles. The fraction of sp³-hybridized carbons (Fsp3) is 0.538. The first-order valence-electron chi connectivity index (χ1n) is 5.64. The van der Waals surface area contributed by atoms with Gasteiger partial charge in [0.25, 0.3) is 0 Å². The number of hydrogen-bond donors (Lipinski definition) is 1. The molecule has 2 unspecified atom stereocenters. The van der Waals surface area contributed by atoms with Gasteiger partial charge < -0.3 is 10.1 Å². The average Bonchev–Trinajstić information content (AvgIpc) is 2.17. The zero-order valence-electron chi connectivity index (χ0n) is 10.4. The molecule has 3 heteroatoms. The standard InChI is InChI=1S/C13H20FNO/c1-5-16-10(3)13(15-4)11-6-9(2)7-12(14)8-11/h6-8,10,13,15H,5H2,1-4H3. The zero-order valence-corrected chi connectivity index (χ0v) is 10.4. The predicted molar refractivity (Wildman–Crippen MR) is 64.0 cm³/mol. The first-order valence-corrected chi connectivity index (χ1v) is 5.64. The molecule has 0 aliphatic carbocycles. The van der Waals surface area contributed by atoms with Gasteiger partial charge in [0.15, 0.2) is 0 Å². The summed E-state index contributed by atoms with van der Waals surface area (Å²) in [6.45, 7) is 6.50. The van der Waals surface area contributed by atoms with E-state index in [9.17, 15) is 4.39 Å². The molecule has 0 bridgehead atoms. The number of likely N-dealkylation sites (N-methyl/N-ethyl adjacent to an activating group) is 1. The molecule has 0 heterocycles. The average molecular weight is 225 g/mol. The van der Waals surface area contributed by atoms with Crippen molar-refractivity contribution >= 4 is 0 Å². The lowest BCUT2D eigenvalue weighted by atomic mass is 10.0. The highest BCUT2D eigenvalue weighted by atomic mass is 19.1. The third-order valence-corrected chi connectivity index (χ3v) is 2.63. The molecule has 0 aliphatic rings. The van der Waals surface area contributed by atoms with E-state index in [1.54, 1.807) is 6.07 Å². The van der Waals surface area contributed by atoms with Gasteiger partial charge in [-0.2, -0.15) is 0 Å². The van der Waals surface area contributed by atoms with Gasteiger partial charge in [-0.1, -0.05) is 6.07 Å². The molecule has 0 saturated carbocycles. The monoisotopic (exact) mass is 225 g/mol. The van der Waals surface area contributed by atoms with E-state index in [-0.39, 0.29) is 18.0 Å². The van der Waals surface area contributed by atoms with E-state index in [0.717, 1.165) is 11.1 Å². The van der Waals surface area contributed by atoms with Gasteiger partial charge in [0, 0.05) is 6.61 Å². The Balaban J connectivity index is 2.94. The zero-order chi connectivity index (χ0) is 12.1. The van der Waals surface area contributed by atoms with E-state index < -0.39 is 0 Å². The summed E-state index contributed by atoms with van der Waals surface area (Å²) in [4.78, 5) is 0. The van der Waals surface area contributed by atoms with Crippen LogP contribution in [0, 0.1) is 12.7 Å². The molecule has 0 radical (unpaired) electrons. The van der Waals surface area contributed by atoms with Crippen molar-refractivity contribution in [2.75, 3.05) is 13.7 Å². The van der Waals surface area contributed by atoms with Crippen molar-refractivity contribution in [1.29, 1.82) is 0 Å². The van der Waals surface area contributed by atoms with Crippen LogP contribution in [0.5, 0.6) is 0 Å². The molecule has 0 spiro atoms. The topological polar surface area (TPSA) is 21.3 Å². The van der Waals surface area contributed by atoms with Crippen LogP contribution in [0.2, 0.25) is 0 Å². The first kappa shape index (κ1) is 13.1. The summed E-state index contributed by atoms with van der Waals surface area (Å²) < 4.78 is 18.8. The van der Waals surface area contributed by atoms with Crippen molar-refractivity contribution in [3.63, 3.8) is 0 Å². The van der Waals surface area contributed by atoms with Crippen LogP contribution in [0.4, 0.5) is 4.39 Å². The lowest BCUT2D eigenvalue weighted by Crippen LogP contribution is -2.29. The Morgan fingerprint density at radius 1 is 1.38 bits per heavy atom. The van der Waals surface area contributed by atoms with Crippen molar-refractivity contribution in [3.05, 3.63) is 35.1 Å². The van der Waals surface area contributed by atoms with Crippen LogP contribution in [-0.2, 0) is 4.74 Å². The van der Waals surface area contributed by atoms with Crippen LogP contribution < -0.4 is 5.32 Å². The minimum atomic E-state index is -0.195. The van der Waals surface area contributed by atoms with E-state index in [0.29, 0.717) is 6.61 Å². The normalized spacial score (nSPS) is 14.8. The summed E-state index contributed by atoms with van der Waals surface area (Å²) in [6.07, 6.45) is 0.0243. The van der Waals surface area contributed by atoms with Crippen molar-refractivity contribution in [2.45, 2.75) is 32.9 Å². The second-order valence-electron chi connectivity index (χ2n) is 3.99. The van der Waals surface area contributed by atoms with Crippen LogP contribution in [0.3, 0.4) is 0 Å². The number of ether oxygens (including phenoxy) is 1. The molecule has 0 fully saturated rings. The Hall–Kier alpha value is -0.930. The van der Waals surface area contributed by atoms with Crippen LogP contribution in [0.1, 0.15) is 31.0 Å². The smallest absolute Gasteiger partial charge is 0.123 e. The summed E-state index contributed by atoms with van der Waals surface area (Å²) in [5.41, 5.74) is 1.86. The Morgan fingerprint density at radius 2 is 2.06 bits per heavy atom. The fourth-order valence-corrected chi connectivity index (χ4v) is 1.98. The maximum Gasteiger partial charge on any atom is 0.123 e. The van der Waals surface area contributed by atoms with Crippen LogP contribution in [0.15, 0.2) is 18.2 Å². The molecule has 0 aromatic heterocycles. The summed E-state index contributed by atoms with van der Waals surface area (Å²) in [5.74, 6) is -0.195. The summed E-state index contributed by atoms with van der Waals surface area (Å²) in [6, 6.07) is 5.10. The largest absolute Gasteiger partial charge is 0.377 e. The molecule has 0 amide bonds. The third kappa shape index (κ3) is 3.29. The predicted octanol–water partition coefficient (Wildman–Crippen LogP) is 2.82. The number of aryl methyl sites for hydroxylation is 1. The van der Waals surface area contributed by atoms with E-state index in [4.69, 9.17) is 4.74 Å². The quantitative estimate of drug-likeness (QED) is 0.832. The lowest BCUT2D eigenvalue weighted by Gasteiger charge is -2.24. The van der Waals surface area contributed by atoms with Crippen LogP contribution >= 0.6 is 0 Å². The van der Waals surface area contributed by atoms with Gasteiger partial charge in [0.2, 0.25) is 0 Å². The third-order valence-electron chi connectivity index (χ3n) is 2.63. The Kier molecular flexibility index (Phi) is 4.90. The second kappa shape index (κ2) is 5.97. The number of benzene rings is 1. The van der Waals surface area contributed by atoms with Crippen molar-refractivity contribution in [1.82, 2.24) is 5.32 Å². The van der Waals surface area contributed by atoms with Crippen molar-refractivity contribution in [2.24, 2.45) is 0 Å². The molecule has 90 valence electrons. The minimum absolute atomic E-state index is 0.0225. The van der Waals surface area contributed by atoms with E-state index in [2.05, 4.69) is 5.32 Å². The molecule has 2 nitrogen and oxygen atoms in total. The van der Waals surface area contributed by atoms with Gasteiger partial charge in [-0.15, -0.1) is 0 Å². The number of nitrogens with one attached hydrogen (secondary N) is 1. The Morgan fingerprint density at radius 3 is 2.56 bits per heavy atom. The van der Waals surface area contributed by atoms with Gasteiger partial charge >= 0.3 is 0 Å². The highest BCUT2D eigenvalue weighted by Crippen LogP contribution is 2.21. The van der Waals surface area contributed by atoms with Crippen LogP contribution in [-0.4, -0.2) is 19.8 Å². The summed E-state index contributed by atoms with van der Waals surface area (Å²) >= 11 is 0. The van der Waals surface area contributed by atoms with Crippen LogP contribution in [0.25, 0.3) is 0 Å². The van der Waals surface area contributed by atoms with Gasteiger partial charge in [0.1, 0.15) is 5.82 Å². The fourth-order valence-electron chi connectivity index (χ4n) is 1.98. The Bertz CT molecular complexity index is 320. The summed E-state index contributed by atoms with van der Waals surface area (Å²) in [5, 5.41) is 3.17. The lowest BCUT2D eigenvalue weighted by molar-refractivity contribution is 0.0492. The first-order chi connectivity index (χ1) is 7.58. The number of rotatable bonds is 5. The van der Waals surface area contributed by atoms with E-state index in [1.165, 1.54) is 6.07 Å². The molecule has 0 saturated heterocycles. The SMILES string of the molecule is CCOC(C)C(NC)c1cc(C)cc(F)c1. The van der Waals surface area contributed by atoms with Crippen molar-refractivity contribution < 1.29 is 9.13 Å². The van der Waals surface area contributed by atoms with Gasteiger partial charge in [0.05, 0.1) is 12.1 Å². The Labute approximate surface area is 96.8 Å². The number of hydrogen-bond acceptors (Lipinski definition) is 2. The van der Waals surface area contributed by atoms with Gasteiger partial charge in [-0.3, -0.25) is 0 Å². The molecule has 16 heavy (non-hydrogen) atoms. The van der Waals surface area contributed by atoms with E-state index in [1.807, 2.05) is 33.9 Å². The molecule has 1 aromatic rings. The molecule has 0 aliphatic heterocycles. The molecule has 2 atom stereocenters. The van der Waals surface area contributed by atoms with Gasteiger partial charge in [-0.05, 0) is 51.1 Å². The highest BCUT2D eigenvalue weighted by Gasteiger charge is 2.18. The molecule has 1 N–H and O–H groups in total. The van der Waals surface area contributed by atoms with Crippen molar-refractivity contribution in [3.8, 4) is 0 Å². The summed E-state index contributed by atoms with van der Waals surface area (Å²) in [7, 11) is 1.86. The van der Waals surface area contributed by atoms with E-state index >= 15 is 0 Å². The molecular weight excluding hydrogens is 205 g/mol. The maximum atomic E-state index is 13.3. The maximum absolute atomic E-state index is 13.3.